The van der Waals surface area contributed by atoms with Crippen LogP contribution in [0.5, 0.6) is 0 Å². The Morgan fingerprint density at radius 2 is 2.09 bits per heavy atom. The maximum atomic E-state index is 12.2. The predicted molar refractivity (Wildman–Crippen MR) is 89.9 cm³/mol. The first-order valence-electron chi connectivity index (χ1n) is 6.37. The Balaban J connectivity index is 1.92. The average Bonchev–Trinajstić information content (AvgIpc) is 2.87. The number of hydrogen-bond acceptors (Lipinski definition) is 6. The van der Waals surface area contributed by atoms with Crippen LogP contribution in [0.1, 0.15) is 10.4 Å². The van der Waals surface area contributed by atoms with Crippen LogP contribution in [0, 0.1) is 0 Å². The molecule has 118 valence electrons. The van der Waals surface area contributed by atoms with E-state index < -0.39 is 15.7 Å². The van der Waals surface area contributed by atoms with E-state index in [-0.39, 0.29) is 15.6 Å². The molecule has 2 aromatic heterocycles. The topological polar surface area (TPSA) is 89.0 Å². The largest absolute Gasteiger partial charge is 0.298 e. The Hall–Kier alpha value is -2.03. The molecular weight excluding hydrogens is 358 g/mol. The molecule has 0 aliphatic heterocycles. The zero-order chi connectivity index (χ0) is 16.6. The van der Waals surface area contributed by atoms with Gasteiger partial charge in [0.25, 0.3) is 5.91 Å². The summed E-state index contributed by atoms with van der Waals surface area (Å²) >= 11 is 7.06. The standard InChI is InChI=1S/C14H10ClN3O3S2/c1-23(20,21)8-4-5-10-11(7-8)22-14(17-10)18-13(19)9-3-2-6-16-12(9)15/h2-7H,1H3,(H,17,18,19). The fraction of sp³-hybridized carbons (Fsp3) is 0.0714. The molecule has 0 unspecified atom stereocenters. The number of nitrogens with zero attached hydrogens (tertiary/aromatic N) is 2. The number of aromatic nitrogens is 2. The molecule has 0 saturated heterocycles. The van der Waals surface area contributed by atoms with Gasteiger partial charge in [0.05, 0.1) is 20.7 Å². The Bertz CT molecular complexity index is 1020. The first-order chi connectivity index (χ1) is 10.8. The highest BCUT2D eigenvalue weighted by molar-refractivity contribution is 7.90. The van der Waals surface area contributed by atoms with Crippen LogP contribution in [-0.2, 0) is 9.84 Å². The third-order valence-corrected chi connectivity index (χ3v) is 5.36. The van der Waals surface area contributed by atoms with Gasteiger partial charge < -0.3 is 0 Å². The van der Waals surface area contributed by atoms with Crippen molar-refractivity contribution < 1.29 is 13.2 Å². The summed E-state index contributed by atoms with van der Waals surface area (Å²) in [5, 5.41) is 3.10. The summed E-state index contributed by atoms with van der Waals surface area (Å²) in [6.07, 6.45) is 2.63. The van der Waals surface area contributed by atoms with E-state index in [1.54, 1.807) is 18.2 Å². The van der Waals surface area contributed by atoms with Gasteiger partial charge in [-0.15, -0.1) is 0 Å². The molecule has 3 aromatic rings. The lowest BCUT2D eigenvalue weighted by molar-refractivity contribution is 0.102. The van der Waals surface area contributed by atoms with Crippen molar-refractivity contribution in [3.05, 3.63) is 47.2 Å². The summed E-state index contributed by atoms with van der Waals surface area (Å²) in [4.78, 5) is 20.5. The van der Waals surface area contributed by atoms with E-state index in [0.29, 0.717) is 15.3 Å². The lowest BCUT2D eigenvalue weighted by Gasteiger charge is -2.02. The van der Waals surface area contributed by atoms with E-state index >= 15 is 0 Å². The summed E-state index contributed by atoms with van der Waals surface area (Å²) in [6.45, 7) is 0. The number of pyridine rings is 1. The van der Waals surface area contributed by atoms with Crippen molar-refractivity contribution in [1.29, 1.82) is 0 Å². The monoisotopic (exact) mass is 367 g/mol. The number of halogens is 1. The number of rotatable bonds is 3. The highest BCUT2D eigenvalue weighted by Crippen LogP contribution is 2.28. The minimum atomic E-state index is -3.29. The maximum absolute atomic E-state index is 12.2. The van der Waals surface area contributed by atoms with Gasteiger partial charge in [-0.3, -0.25) is 10.1 Å². The number of hydrogen-bond donors (Lipinski definition) is 1. The van der Waals surface area contributed by atoms with Crippen molar-refractivity contribution in [3.8, 4) is 0 Å². The molecule has 0 radical (unpaired) electrons. The molecule has 23 heavy (non-hydrogen) atoms. The molecule has 0 aliphatic carbocycles. The van der Waals surface area contributed by atoms with E-state index in [0.717, 1.165) is 6.26 Å². The number of carbonyl (C=O) groups is 1. The third-order valence-electron chi connectivity index (χ3n) is 3.01. The predicted octanol–water partition coefficient (Wildman–Crippen LogP) is 3.00. The minimum Gasteiger partial charge on any atom is -0.298 e. The van der Waals surface area contributed by atoms with Crippen LogP contribution in [0.15, 0.2) is 41.4 Å². The number of carbonyl (C=O) groups excluding carboxylic acids is 1. The van der Waals surface area contributed by atoms with Crippen LogP contribution >= 0.6 is 22.9 Å². The zero-order valence-electron chi connectivity index (χ0n) is 11.8. The zero-order valence-corrected chi connectivity index (χ0v) is 14.2. The Morgan fingerprint density at radius 3 is 2.78 bits per heavy atom. The Kier molecular flexibility index (Phi) is 4.05. The van der Waals surface area contributed by atoms with Crippen molar-refractivity contribution >= 4 is 54.0 Å². The summed E-state index contributed by atoms with van der Waals surface area (Å²) < 4.78 is 23.8. The highest BCUT2D eigenvalue weighted by Gasteiger charge is 2.15. The van der Waals surface area contributed by atoms with E-state index in [4.69, 9.17) is 11.6 Å². The fourth-order valence-corrected chi connectivity index (χ4v) is 3.74. The van der Waals surface area contributed by atoms with E-state index in [2.05, 4.69) is 15.3 Å². The van der Waals surface area contributed by atoms with Gasteiger partial charge in [-0.25, -0.2) is 18.4 Å². The Labute approximate surface area is 141 Å². The molecule has 2 heterocycles. The molecular formula is C14H10ClN3O3S2. The van der Waals surface area contributed by atoms with Crippen molar-refractivity contribution in [3.63, 3.8) is 0 Å². The average molecular weight is 368 g/mol. The lowest BCUT2D eigenvalue weighted by Crippen LogP contribution is -2.12. The molecule has 0 saturated carbocycles. The second kappa shape index (κ2) is 5.88. The van der Waals surface area contributed by atoms with Gasteiger partial charge in [0, 0.05) is 12.5 Å². The van der Waals surface area contributed by atoms with Crippen LogP contribution in [-0.4, -0.2) is 30.5 Å². The van der Waals surface area contributed by atoms with Crippen LogP contribution in [0.2, 0.25) is 5.15 Å². The van der Waals surface area contributed by atoms with Crippen LogP contribution < -0.4 is 5.32 Å². The van der Waals surface area contributed by atoms with Gasteiger partial charge >= 0.3 is 0 Å². The summed E-state index contributed by atoms with van der Waals surface area (Å²) in [5.41, 5.74) is 0.847. The minimum absolute atomic E-state index is 0.102. The van der Waals surface area contributed by atoms with E-state index in [1.807, 2.05) is 0 Å². The molecule has 0 aliphatic rings. The van der Waals surface area contributed by atoms with Crippen LogP contribution in [0.25, 0.3) is 10.2 Å². The van der Waals surface area contributed by atoms with Gasteiger partial charge in [-0.2, -0.15) is 0 Å². The summed E-state index contributed by atoms with van der Waals surface area (Å²) in [5.74, 6) is -0.425. The van der Waals surface area contributed by atoms with Crippen LogP contribution in [0.4, 0.5) is 5.13 Å². The highest BCUT2D eigenvalue weighted by atomic mass is 35.5. The van der Waals surface area contributed by atoms with Crippen molar-refractivity contribution in [2.24, 2.45) is 0 Å². The van der Waals surface area contributed by atoms with Crippen molar-refractivity contribution in [2.75, 3.05) is 11.6 Å². The smallest absolute Gasteiger partial charge is 0.260 e. The second-order valence-electron chi connectivity index (χ2n) is 4.72. The molecule has 0 spiro atoms. The second-order valence-corrected chi connectivity index (χ2v) is 8.12. The number of thiazole rings is 1. The molecule has 0 fully saturated rings. The number of fused-ring (bicyclic) bond motifs is 1. The first-order valence-corrected chi connectivity index (χ1v) is 9.46. The summed E-state index contributed by atoms with van der Waals surface area (Å²) in [6, 6.07) is 7.79. The normalized spacial score (nSPS) is 11.6. The van der Waals surface area contributed by atoms with Gasteiger partial charge in [0.2, 0.25) is 0 Å². The fourth-order valence-electron chi connectivity index (χ4n) is 1.91. The van der Waals surface area contributed by atoms with Gasteiger partial charge in [0.1, 0.15) is 5.15 Å². The maximum Gasteiger partial charge on any atom is 0.260 e. The molecule has 0 bridgehead atoms. The first kappa shape index (κ1) is 15.9. The molecule has 1 amide bonds. The lowest BCUT2D eigenvalue weighted by atomic mass is 10.3. The number of amides is 1. The third kappa shape index (κ3) is 3.34. The molecule has 3 rings (SSSR count). The number of anilines is 1. The van der Waals surface area contributed by atoms with Crippen molar-refractivity contribution in [1.82, 2.24) is 9.97 Å². The number of benzene rings is 1. The SMILES string of the molecule is CS(=O)(=O)c1ccc2nc(NC(=O)c3cccnc3Cl)sc2c1. The molecule has 1 aromatic carbocycles. The molecule has 6 nitrogen and oxygen atoms in total. The molecule has 9 heteroatoms. The molecule has 1 N–H and O–H groups in total. The Morgan fingerprint density at radius 1 is 1.30 bits per heavy atom. The van der Waals surface area contributed by atoms with E-state index in [1.165, 1.54) is 29.7 Å². The van der Waals surface area contributed by atoms with Crippen LogP contribution in [0.3, 0.4) is 0 Å². The van der Waals surface area contributed by atoms with E-state index in [9.17, 15) is 13.2 Å². The number of nitrogens with one attached hydrogen (secondary N) is 1. The quantitative estimate of drug-likeness (QED) is 0.719. The summed E-state index contributed by atoms with van der Waals surface area (Å²) in [7, 11) is -3.29. The van der Waals surface area contributed by atoms with Gasteiger partial charge in [-0.05, 0) is 30.3 Å². The molecule has 0 atom stereocenters. The number of sulfone groups is 1. The van der Waals surface area contributed by atoms with Gasteiger partial charge in [0.15, 0.2) is 15.0 Å². The van der Waals surface area contributed by atoms with Gasteiger partial charge in [-0.1, -0.05) is 22.9 Å². The van der Waals surface area contributed by atoms with Crippen molar-refractivity contribution in [2.45, 2.75) is 4.90 Å².